The number of ether oxygens (including phenoxy) is 1. The topological polar surface area (TPSA) is 55.7 Å². The molecule has 0 amide bonds. The third-order valence-electron chi connectivity index (χ3n) is 2.32. The summed E-state index contributed by atoms with van der Waals surface area (Å²) in [6.07, 6.45) is 2.58. The number of nitrogens with zero attached hydrogens (tertiary/aromatic N) is 3. The van der Waals surface area contributed by atoms with Gasteiger partial charge in [0.25, 0.3) is 0 Å². The fraction of sp³-hybridized carbons (Fsp3) is 0.400. The van der Waals surface area contributed by atoms with Crippen LogP contribution in [0.3, 0.4) is 0 Å². The average Bonchev–Trinajstić information content (AvgIpc) is 2.65. The van der Waals surface area contributed by atoms with E-state index in [9.17, 15) is 0 Å². The number of hydrogen-bond donors (Lipinski definition) is 1. The second-order valence-corrected chi connectivity index (χ2v) is 3.46. The van der Waals surface area contributed by atoms with E-state index in [1.54, 1.807) is 23.3 Å². The van der Waals surface area contributed by atoms with Crippen LogP contribution in [0.5, 0.6) is 5.75 Å². The van der Waals surface area contributed by atoms with E-state index in [1.165, 1.54) is 0 Å². The summed E-state index contributed by atoms with van der Waals surface area (Å²) in [4.78, 5) is 7.25. The molecule has 2 rings (SSSR count). The van der Waals surface area contributed by atoms with Crippen molar-refractivity contribution in [2.45, 2.75) is 12.5 Å². The van der Waals surface area contributed by atoms with Gasteiger partial charge < -0.3 is 10.5 Å². The van der Waals surface area contributed by atoms with Gasteiger partial charge in [-0.05, 0) is 6.07 Å². The lowest BCUT2D eigenvalue weighted by Crippen LogP contribution is -2.20. The lowest BCUT2D eigenvalue weighted by atomic mass is 10.3. The Labute approximate surface area is 88.3 Å². The zero-order chi connectivity index (χ0) is 10.7. The van der Waals surface area contributed by atoms with E-state index in [-0.39, 0.29) is 6.10 Å². The highest BCUT2D eigenvalue weighted by Gasteiger charge is 2.26. The molecule has 1 aliphatic rings. The van der Waals surface area contributed by atoms with Crippen LogP contribution >= 0.6 is 0 Å². The molecule has 0 aliphatic carbocycles. The van der Waals surface area contributed by atoms with Crippen LogP contribution in [-0.2, 0) is 0 Å². The van der Waals surface area contributed by atoms with Crippen molar-refractivity contribution in [2.75, 3.05) is 18.8 Å². The molecule has 1 saturated heterocycles. The highest BCUT2D eigenvalue weighted by molar-refractivity contribution is 5.35. The van der Waals surface area contributed by atoms with Gasteiger partial charge in [0, 0.05) is 18.7 Å². The van der Waals surface area contributed by atoms with Gasteiger partial charge in [0.15, 0.2) is 0 Å². The molecule has 1 unspecified atom stereocenters. The Hall–Kier alpha value is -1.96. The zero-order valence-corrected chi connectivity index (χ0v) is 8.26. The van der Waals surface area contributed by atoms with E-state index in [0.717, 1.165) is 18.7 Å². The minimum absolute atomic E-state index is 0.0842. The molecule has 0 bridgehead atoms. The second-order valence-electron chi connectivity index (χ2n) is 3.46. The summed E-state index contributed by atoms with van der Waals surface area (Å²) in [5.74, 6) is 1.17. The van der Waals surface area contributed by atoms with Crippen LogP contribution in [0, 0.1) is 6.57 Å². The van der Waals surface area contributed by atoms with Gasteiger partial charge in [-0.3, -0.25) is 0 Å². The number of nitrogen functional groups attached to an aromatic ring is 1. The van der Waals surface area contributed by atoms with Crippen molar-refractivity contribution in [3.63, 3.8) is 0 Å². The quantitative estimate of drug-likeness (QED) is 0.729. The molecular weight excluding hydrogens is 192 g/mol. The van der Waals surface area contributed by atoms with Crippen molar-refractivity contribution in [1.82, 2.24) is 9.99 Å². The SMILES string of the molecule is [C-]#[N+]N1CCC(Oc2ccnc(N)c2)C1. The number of anilines is 1. The van der Waals surface area contributed by atoms with Gasteiger partial charge in [0.2, 0.25) is 0 Å². The predicted molar refractivity (Wildman–Crippen MR) is 55.9 cm³/mol. The summed E-state index contributed by atoms with van der Waals surface area (Å²) in [7, 11) is 0. The van der Waals surface area contributed by atoms with Crippen molar-refractivity contribution in [1.29, 1.82) is 0 Å². The summed E-state index contributed by atoms with van der Waals surface area (Å²) in [6, 6.07) is 3.47. The molecule has 1 aromatic heterocycles. The van der Waals surface area contributed by atoms with Crippen molar-refractivity contribution >= 4 is 5.82 Å². The Balaban J connectivity index is 1.96. The van der Waals surface area contributed by atoms with E-state index in [1.807, 2.05) is 0 Å². The molecule has 1 aliphatic heterocycles. The van der Waals surface area contributed by atoms with Crippen LogP contribution in [0.15, 0.2) is 18.3 Å². The molecule has 0 aromatic carbocycles. The van der Waals surface area contributed by atoms with Crippen LogP contribution in [0.4, 0.5) is 5.82 Å². The molecular formula is C10H12N4O. The lowest BCUT2D eigenvalue weighted by Gasteiger charge is -2.11. The highest BCUT2D eigenvalue weighted by Crippen LogP contribution is 2.19. The number of pyridine rings is 1. The van der Waals surface area contributed by atoms with Gasteiger partial charge in [0.1, 0.15) is 24.2 Å². The molecule has 5 nitrogen and oxygen atoms in total. The Kier molecular flexibility index (Phi) is 2.59. The Morgan fingerprint density at radius 2 is 2.53 bits per heavy atom. The van der Waals surface area contributed by atoms with Crippen molar-refractivity contribution in [2.24, 2.45) is 0 Å². The smallest absolute Gasteiger partial charge is 0.126 e. The fourth-order valence-electron chi connectivity index (χ4n) is 1.59. The van der Waals surface area contributed by atoms with Gasteiger partial charge in [-0.1, -0.05) is 0 Å². The lowest BCUT2D eigenvalue weighted by molar-refractivity contribution is 0.211. The Morgan fingerprint density at radius 3 is 3.20 bits per heavy atom. The number of aromatic nitrogens is 1. The van der Waals surface area contributed by atoms with Gasteiger partial charge in [-0.15, -0.1) is 5.01 Å². The fourth-order valence-corrected chi connectivity index (χ4v) is 1.59. The highest BCUT2D eigenvalue weighted by atomic mass is 16.5. The van der Waals surface area contributed by atoms with Gasteiger partial charge in [-0.2, -0.15) is 11.5 Å². The maximum atomic E-state index is 6.87. The Morgan fingerprint density at radius 1 is 1.67 bits per heavy atom. The zero-order valence-electron chi connectivity index (χ0n) is 8.26. The van der Waals surface area contributed by atoms with E-state index >= 15 is 0 Å². The predicted octanol–water partition coefficient (Wildman–Crippen LogP) is 0.951. The number of rotatable bonds is 2. The summed E-state index contributed by atoms with van der Waals surface area (Å²) < 4.78 is 5.68. The van der Waals surface area contributed by atoms with Gasteiger partial charge in [-0.25, -0.2) is 4.98 Å². The van der Waals surface area contributed by atoms with Crippen LogP contribution in [-0.4, -0.2) is 29.2 Å². The Bertz CT molecular complexity index is 387. The first-order chi connectivity index (χ1) is 7.28. The summed E-state index contributed by atoms with van der Waals surface area (Å²) in [5.41, 5.74) is 5.54. The molecule has 0 spiro atoms. The molecule has 0 radical (unpaired) electrons. The van der Waals surface area contributed by atoms with Crippen molar-refractivity contribution in [3.8, 4) is 5.75 Å². The number of nitrogens with two attached hydrogens (primary N) is 1. The third-order valence-corrected chi connectivity index (χ3v) is 2.32. The summed E-state index contributed by atoms with van der Waals surface area (Å²) in [6.45, 7) is 8.30. The van der Waals surface area contributed by atoms with Crippen LogP contribution in [0.1, 0.15) is 6.42 Å². The van der Waals surface area contributed by atoms with E-state index in [4.69, 9.17) is 17.0 Å². The van der Waals surface area contributed by atoms with E-state index in [2.05, 4.69) is 9.94 Å². The maximum absolute atomic E-state index is 6.87. The molecule has 78 valence electrons. The van der Waals surface area contributed by atoms with Crippen LogP contribution in [0.2, 0.25) is 0 Å². The monoisotopic (exact) mass is 204 g/mol. The first-order valence-corrected chi connectivity index (χ1v) is 4.78. The first kappa shape index (κ1) is 9.59. The molecule has 1 aromatic rings. The van der Waals surface area contributed by atoms with Gasteiger partial charge >= 0.3 is 0 Å². The van der Waals surface area contributed by atoms with Crippen molar-refractivity contribution < 1.29 is 4.74 Å². The van der Waals surface area contributed by atoms with Gasteiger partial charge in [0.05, 0.1) is 6.54 Å². The molecule has 2 heterocycles. The summed E-state index contributed by atoms with van der Waals surface area (Å²) in [5, 5.41) is 1.68. The molecule has 1 atom stereocenters. The largest absolute Gasteiger partial charge is 0.488 e. The number of hydrogen-bond acceptors (Lipinski definition) is 4. The van der Waals surface area contributed by atoms with Crippen LogP contribution in [0.25, 0.3) is 4.95 Å². The van der Waals surface area contributed by atoms with Crippen molar-refractivity contribution in [3.05, 3.63) is 29.9 Å². The minimum Gasteiger partial charge on any atom is -0.488 e. The van der Waals surface area contributed by atoms with E-state index < -0.39 is 0 Å². The standard InChI is InChI=1S/C10H12N4O/c1-12-14-5-3-9(7-14)15-8-2-4-13-10(11)6-8/h2,4,6,9H,3,5,7H2,(H2,11,13). The molecule has 15 heavy (non-hydrogen) atoms. The third kappa shape index (κ3) is 2.29. The van der Waals surface area contributed by atoms with E-state index in [0.29, 0.717) is 12.4 Å². The molecule has 5 heteroatoms. The maximum Gasteiger partial charge on any atom is 0.126 e. The van der Waals surface area contributed by atoms with Crippen LogP contribution < -0.4 is 10.5 Å². The molecule has 2 N–H and O–H groups in total. The molecule has 0 saturated carbocycles. The average molecular weight is 204 g/mol. The second kappa shape index (κ2) is 4.05. The summed E-state index contributed by atoms with van der Waals surface area (Å²) >= 11 is 0. The first-order valence-electron chi connectivity index (χ1n) is 4.78. The molecule has 1 fully saturated rings. The normalized spacial score (nSPS) is 19.9. The minimum atomic E-state index is 0.0842.